The highest BCUT2D eigenvalue weighted by Gasteiger charge is 2.19. The second-order valence-corrected chi connectivity index (χ2v) is 5.04. The van der Waals surface area contributed by atoms with Crippen LogP contribution >= 0.6 is 0 Å². The average Bonchev–Trinajstić information content (AvgIpc) is 2.92. The molecule has 0 unspecified atom stereocenters. The predicted molar refractivity (Wildman–Crippen MR) is 77.7 cm³/mol. The number of hydrogen-bond acceptors (Lipinski definition) is 4. The molecule has 6 nitrogen and oxygen atoms in total. The van der Waals surface area contributed by atoms with Gasteiger partial charge >= 0.3 is 5.97 Å². The Morgan fingerprint density at radius 2 is 2.10 bits per heavy atom. The third-order valence-electron chi connectivity index (χ3n) is 3.23. The molecule has 0 bridgehead atoms. The van der Waals surface area contributed by atoms with Gasteiger partial charge in [0, 0.05) is 23.7 Å². The number of benzene rings is 1. The number of rotatable bonds is 3. The summed E-state index contributed by atoms with van der Waals surface area (Å²) in [6, 6.07) is 7.67. The standard InChI is InChI=1S/C15H14N4O2/c1-9(2)14-17-13(15(20)21)18-19(14)12-5-3-4-10-6-7-16-8-11(10)12/h3-9H,1-2H3,(H,20,21). The molecule has 0 atom stereocenters. The number of pyridine rings is 1. The average molecular weight is 282 g/mol. The molecule has 106 valence electrons. The van der Waals surface area contributed by atoms with E-state index in [1.165, 1.54) is 0 Å². The Balaban J connectivity index is 2.29. The quantitative estimate of drug-likeness (QED) is 0.798. The summed E-state index contributed by atoms with van der Waals surface area (Å²) in [5.41, 5.74) is 0.782. The largest absolute Gasteiger partial charge is 0.475 e. The molecule has 0 aliphatic rings. The molecule has 0 saturated heterocycles. The van der Waals surface area contributed by atoms with E-state index in [1.54, 1.807) is 17.1 Å². The number of aromatic carboxylic acids is 1. The summed E-state index contributed by atoms with van der Waals surface area (Å²) in [7, 11) is 0. The smallest absolute Gasteiger partial charge is 0.375 e. The first-order valence-corrected chi connectivity index (χ1v) is 6.61. The van der Waals surface area contributed by atoms with Crippen molar-refractivity contribution in [2.45, 2.75) is 19.8 Å². The second-order valence-electron chi connectivity index (χ2n) is 5.04. The molecule has 3 rings (SSSR count). The Morgan fingerprint density at radius 1 is 1.29 bits per heavy atom. The zero-order valence-electron chi connectivity index (χ0n) is 11.7. The molecule has 0 saturated carbocycles. The van der Waals surface area contributed by atoms with Gasteiger partial charge in [0.1, 0.15) is 5.82 Å². The van der Waals surface area contributed by atoms with Gasteiger partial charge in [0.25, 0.3) is 5.82 Å². The SMILES string of the molecule is CC(C)c1nc(C(=O)O)nn1-c1cccc2ccncc12. The van der Waals surface area contributed by atoms with Crippen molar-refractivity contribution in [3.8, 4) is 5.69 Å². The molecule has 0 amide bonds. The Morgan fingerprint density at radius 3 is 2.81 bits per heavy atom. The van der Waals surface area contributed by atoms with Crippen molar-refractivity contribution in [3.05, 3.63) is 48.3 Å². The number of carboxylic acids is 1. The van der Waals surface area contributed by atoms with E-state index in [9.17, 15) is 4.79 Å². The fourth-order valence-electron chi connectivity index (χ4n) is 2.25. The van der Waals surface area contributed by atoms with E-state index >= 15 is 0 Å². The fourth-order valence-corrected chi connectivity index (χ4v) is 2.25. The molecule has 21 heavy (non-hydrogen) atoms. The topological polar surface area (TPSA) is 80.9 Å². The summed E-state index contributed by atoms with van der Waals surface area (Å²) in [4.78, 5) is 19.4. The van der Waals surface area contributed by atoms with Crippen molar-refractivity contribution in [2.75, 3.05) is 0 Å². The summed E-state index contributed by atoms with van der Waals surface area (Å²) < 4.78 is 1.60. The molecule has 2 aromatic heterocycles. The van der Waals surface area contributed by atoms with Gasteiger partial charge in [0.15, 0.2) is 0 Å². The molecule has 0 aliphatic carbocycles. The third-order valence-corrected chi connectivity index (χ3v) is 3.23. The van der Waals surface area contributed by atoms with Crippen molar-refractivity contribution >= 4 is 16.7 Å². The summed E-state index contributed by atoms with van der Waals surface area (Å²) in [5, 5.41) is 15.2. The first-order chi connectivity index (χ1) is 10.1. The minimum atomic E-state index is -1.13. The third kappa shape index (κ3) is 2.24. The lowest BCUT2D eigenvalue weighted by Crippen LogP contribution is -2.05. The first kappa shape index (κ1) is 13.2. The highest BCUT2D eigenvalue weighted by atomic mass is 16.4. The van der Waals surface area contributed by atoms with E-state index in [-0.39, 0.29) is 11.7 Å². The number of hydrogen-bond donors (Lipinski definition) is 1. The van der Waals surface area contributed by atoms with Gasteiger partial charge < -0.3 is 5.11 Å². The van der Waals surface area contributed by atoms with E-state index in [0.29, 0.717) is 5.82 Å². The molecule has 2 heterocycles. The Hall–Kier alpha value is -2.76. The van der Waals surface area contributed by atoms with Crippen LogP contribution in [0.1, 0.15) is 36.2 Å². The van der Waals surface area contributed by atoms with Gasteiger partial charge in [-0.1, -0.05) is 26.0 Å². The number of aromatic nitrogens is 4. The van der Waals surface area contributed by atoms with E-state index < -0.39 is 5.97 Å². The van der Waals surface area contributed by atoms with Crippen molar-refractivity contribution < 1.29 is 9.90 Å². The van der Waals surface area contributed by atoms with Gasteiger partial charge in [0.2, 0.25) is 0 Å². The van der Waals surface area contributed by atoms with E-state index in [0.717, 1.165) is 16.5 Å². The maximum atomic E-state index is 11.1. The van der Waals surface area contributed by atoms with Crippen LogP contribution in [0, 0.1) is 0 Å². The van der Waals surface area contributed by atoms with Crippen molar-refractivity contribution in [1.29, 1.82) is 0 Å². The number of nitrogens with zero attached hydrogens (tertiary/aromatic N) is 4. The van der Waals surface area contributed by atoms with Gasteiger partial charge in [-0.25, -0.2) is 14.5 Å². The Labute approximate surface area is 121 Å². The van der Waals surface area contributed by atoms with Crippen LogP contribution in [-0.4, -0.2) is 30.8 Å². The van der Waals surface area contributed by atoms with Crippen molar-refractivity contribution in [3.63, 3.8) is 0 Å². The maximum Gasteiger partial charge on any atom is 0.375 e. The summed E-state index contributed by atoms with van der Waals surface area (Å²) >= 11 is 0. The normalized spacial score (nSPS) is 11.2. The van der Waals surface area contributed by atoms with Crippen LogP contribution in [0.15, 0.2) is 36.7 Å². The summed E-state index contributed by atoms with van der Waals surface area (Å²) in [6.45, 7) is 3.91. The van der Waals surface area contributed by atoms with Crippen LogP contribution in [0.2, 0.25) is 0 Å². The molecule has 0 spiro atoms. The molecule has 0 radical (unpaired) electrons. The number of fused-ring (bicyclic) bond motifs is 1. The lowest BCUT2D eigenvalue weighted by Gasteiger charge is -2.10. The molecule has 6 heteroatoms. The van der Waals surface area contributed by atoms with Gasteiger partial charge in [-0.15, -0.1) is 5.10 Å². The predicted octanol–water partition coefficient (Wildman–Crippen LogP) is 2.64. The van der Waals surface area contributed by atoms with Crippen LogP contribution in [0.4, 0.5) is 0 Å². The molecule has 1 aromatic carbocycles. The zero-order valence-corrected chi connectivity index (χ0v) is 11.7. The monoisotopic (exact) mass is 282 g/mol. The van der Waals surface area contributed by atoms with Gasteiger partial charge in [-0.2, -0.15) is 0 Å². The van der Waals surface area contributed by atoms with Gasteiger partial charge in [0.05, 0.1) is 5.69 Å². The highest BCUT2D eigenvalue weighted by molar-refractivity contribution is 5.89. The van der Waals surface area contributed by atoms with E-state index in [1.807, 2.05) is 38.1 Å². The Kier molecular flexibility index (Phi) is 3.13. The lowest BCUT2D eigenvalue weighted by molar-refractivity contribution is 0.0683. The first-order valence-electron chi connectivity index (χ1n) is 6.61. The van der Waals surface area contributed by atoms with E-state index in [2.05, 4.69) is 15.1 Å². The highest BCUT2D eigenvalue weighted by Crippen LogP contribution is 2.24. The molecule has 0 fully saturated rings. The molecule has 1 N–H and O–H groups in total. The second kappa shape index (κ2) is 4.97. The number of carbonyl (C=O) groups is 1. The van der Waals surface area contributed by atoms with Crippen LogP contribution in [0.5, 0.6) is 0 Å². The fraction of sp³-hybridized carbons (Fsp3) is 0.200. The van der Waals surface area contributed by atoms with Crippen LogP contribution in [0.25, 0.3) is 16.5 Å². The summed E-state index contributed by atoms with van der Waals surface area (Å²) in [5.74, 6) is -0.658. The van der Waals surface area contributed by atoms with E-state index in [4.69, 9.17) is 5.11 Å². The minimum Gasteiger partial charge on any atom is -0.475 e. The van der Waals surface area contributed by atoms with Crippen LogP contribution in [-0.2, 0) is 0 Å². The number of carboxylic acid groups (broad SMARTS) is 1. The lowest BCUT2D eigenvalue weighted by atomic mass is 10.1. The zero-order chi connectivity index (χ0) is 15.0. The molecular weight excluding hydrogens is 268 g/mol. The maximum absolute atomic E-state index is 11.1. The molecular formula is C15H14N4O2. The summed E-state index contributed by atoms with van der Waals surface area (Å²) in [6.07, 6.45) is 3.47. The molecule has 0 aliphatic heterocycles. The minimum absolute atomic E-state index is 0.0533. The van der Waals surface area contributed by atoms with Gasteiger partial charge in [-0.05, 0) is 17.5 Å². The van der Waals surface area contributed by atoms with Crippen molar-refractivity contribution in [1.82, 2.24) is 19.7 Å². The van der Waals surface area contributed by atoms with Crippen molar-refractivity contribution in [2.24, 2.45) is 0 Å². The Bertz CT molecular complexity index is 818. The van der Waals surface area contributed by atoms with Gasteiger partial charge in [-0.3, -0.25) is 4.98 Å². The van der Waals surface area contributed by atoms with Crippen LogP contribution < -0.4 is 0 Å². The molecule has 3 aromatic rings. The van der Waals surface area contributed by atoms with Crippen LogP contribution in [0.3, 0.4) is 0 Å².